The fraction of sp³-hybridized carbons (Fsp3) is 0.517. The molecule has 1 spiro atoms. The van der Waals surface area contributed by atoms with E-state index in [1.807, 2.05) is 30.7 Å². The highest BCUT2D eigenvalue weighted by Gasteiger charge is 2.49. The van der Waals surface area contributed by atoms with Crippen molar-refractivity contribution in [2.24, 2.45) is 5.92 Å². The minimum atomic E-state index is -5.08. The number of halogens is 12. The monoisotopic (exact) mass is 808 g/mol. The van der Waals surface area contributed by atoms with Gasteiger partial charge in [0.05, 0.1) is 6.61 Å². The van der Waals surface area contributed by atoms with Gasteiger partial charge >= 0.3 is 48.6 Å². The van der Waals surface area contributed by atoms with Crippen LogP contribution in [0.3, 0.4) is 0 Å². The van der Waals surface area contributed by atoms with Crippen molar-refractivity contribution in [2.45, 2.75) is 56.2 Å². The second-order valence-electron chi connectivity index (χ2n) is 11.1. The Morgan fingerprint density at radius 1 is 0.722 bits per heavy atom. The van der Waals surface area contributed by atoms with Gasteiger partial charge in [-0.2, -0.15) is 52.7 Å². The third kappa shape index (κ3) is 19.9. The molecule has 0 bridgehead atoms. The van der Waals surface area contributed by atoms with E-state index in [2.05, 4.69) is 38.9 Å². The Labute approximate surface area is 296 Å². The SMILES string of the molecule is CN1CCC(COCc2cccnc2)CC12CN(Cc1cccnc1)C2.O=C(O)C(F)(F)F.O=C(O)C(F)(F)F.O=C(O)C(F)(F)F.O=C(O)C(F)(F)F. The maximum atomic E-state index is 10.6. The number of carboxylic acid groups (broad SMARTS) is 4. The highest BCUT2D eigenvalue weighted by Crippen LogP contribution is 2.39. The highest BCUT2D eigenvalue weighted by molar-refractivity contribution is 5.74. The number of likely N-dealkylation sites (tertiary alicyclic amines) is 2. The molecule has 54 heavy (non-hydrogen) atoms. The third-order valence-corrected chi connectivity index (χ3v) is 6.83. The molecular formula is C29H32F12N4O9. The molecular weight excluding hydrogens is 776 g/mol. The van der Waals surface area contributed by atoms with E-state index in [9.17, 15) is 52.7 Å². The molecule has 2 fully saturated rings. The summed E-state index contributed by atoms with van der Waals surface area (Å²) in [6.45, 7) is 6.00. The van der Waals surface area contributed by atoms with E-state index >= 15 is 0 Å². The summed E-state index contributed by atoms with van der Waals surface area (Å²) < 4.78 is 133. The van der Waals surface area contributed by atoms with E-state index in [1.54, 1.807) is 6.20 Å². The van der Waals surface area contributed by atoms with Crippen molar-refractivity contribution in [1.29, 1.82) is 0 Å². The van der Waals surface area contributed by atoms with Crippen LogP contribution < -0.4 is 0 Å². The van der Waals surface area contributed by atoms with Gasteiger partial charge in [-0.15, -0.1) is 0 Å². The van der Waals surface area contributed by atoms with Crippen LogP contribution in [-0.4, -0.2) is 128 Å². The summed E-state index contributed by atoms with van der Waals surface area (Å²) in [6.07, 6.45) is -10.4. The Morgan fingerprint density at radius 3 is 1.43 bits per heavy atom. The highest BCUT2D eigenvalue weighted by atomic mass is 19.4. The second kappa shape index (κ2) is 21.2. The van der Waals surface area contributed by atoms with E-state index < -0.39 is 48.6 Å². The summed E-state index contributed by atoms with van der Waals surface area (Å²) in [5, 5.41) is 28.5. The predicted octanol–water partition coefficient (Wildman–Crippen LogP) is 5.12. The van der Waals surface area contributed by atoms with E-state index in [4.69, 9.17) is 44.3 Å². The number of aromatic nitrogens is 2. The van der Waals surface area contributed by atoms with Gasteiger partial charge in [0.15, 0.2) is 0 Å². The molecule has 2 aliphatic rings. The molecule has 0 saturated carbocycles. The predicted molar refractivity (Wildman–Crippen MR) is 156 cm³/mol. The Bertz CT molecular complexity index is 1360. The van der Waals surface area contributed by atoms with Crippen molar-refractivity contribution in [1.82, 2.24) is 19.8 Å². The molecule has 0 aliphatic carbocycles. The number of carbonyl (C=O) groups is 4. The summed E-state index contributed by atoms with van der Waals surface area (Å²) in [6, 6.07) is 8.23. The van der Waals surface area contributed by atoms with Gasteiger partial charge < -0.3 is 25.2 Å². The lowest BCUT2D eigenvalue weighted by molar-refractivity contribution is -0.193. The Balaban J connectivity index is 0.000000820. The second-order valence-corrected chi connectivity index (χ2v) is 11.1. The lowest BCUT2D eigenvalue weighted by Crippen LogP contribution is -2.71. The van der Waals surface area contributed by atoms with Crippen LogP contribution in [0.5, 0.6) is 0 Å². The Morgan fingerprint density at radius 2 is 1.09 bits per heavy atom. The maximum absolute atomic E-state index is 10.6. The van der Waals surface area contributed by atoms with Gasteiger partial charge in [-0.25, -0.2) is 19.2 Å². The number of carboxylic acids is 4. The first-order valence-corrected chi connectivity index (χ1v) is 14.5. The topological polar surface area (TPSA) is 191 Å². The number of aliphatic carboxylic acids is 4. The summed E-state index contributed by atoms with van der Waals surface area (Å²) in [4.78, 5) is 49.1. The molecule has 0 radical (unpaired) electrons. The largest absolute Gasteiger partial charge is 0.490 e. The van der Waals surface area contributed by atoms with Crippen LogP contribution in [0.1, 0.15) is 24.0 Å². The number of hydrogen-bond acceptors (Lipinski definition) is 9. The summed E-state index contributed by atoms with van der Waals surface area (Å²) in [5.74, 6) is -10.4. The molecule has 1 atom stereocenters. The average molecular weight is 809 g/mol. The lowest BCUT2D eigenvalue weighted by Gasteiger charge is -2.58. The van der Waals surface area contributed by atoms with Crippen LogP contribution in [0.2, 0.25) is 0 Å². The lowest BCUT2D eigenvalue weighted by atomic mass is 9.75. The van der Waals surface area contributed by atoms with Crippen molar-refractivity contribution in [2.75, 3.05) is 33.3 Å². The van der Waals surface area contributed by atoms with Gasteiger partial charge in [0, 0.05) is 56.6 Å². The average Bonchev–Trinajstić information content (AvgIpc) is 3.02. The van der Waals surface area contributed by atoms with Gasteiger partial charge in [0.25, 0.3) is 0 Å². The van der Waals surface area contributed by atoms with Gasteiger partial charge in [-0.3, -0.25) is 19.8 Å². The summed E-state index contributed by atoms with van der Waals surface area (Å²) >= 11 is 0. The van der Waals surface area contributed by atoms with Gasteiger partial charge in [0.1, 0.15) is 0 Å². The minimum Gasteiger partial charge on any atom is -0.475 e. The van der Waals surface area contributed by atoms with Gasteiger partial charge in [0.2, 0.25) is 0 Å². The number of rotatable bonds is 6. The first kappa shape index (κ1) is 49.2. The first-order valence-electron chi connectivity index (χ1n) is 14.5. The molecule has 306 valence electrons. The number of piperidine rings is 1. The zero-order valence-electron chi connectivity index (χ0n) is 27.5. The molecule has 2 aliphatic heterocycles. The Kier molecular flexibility index (Phi) is 19.3. The number of alkyl halides is 12. The van der Waals surface area contributed by atoms with Crippen molar-refractivity contribution >= 4 is 23.9 Å². The normalized spacial score (nSPS) is 16.9. The zero-order chi connectivity index (χ0) is 42.1. The maximum Gasteiger partial charge on any atom is 0.490 e. The molecule has 0 aromatic carbocycles. The van der Waals surface area contributed by atoms with Crippen LogP contribution >= 0.6 is 0 Å². The number of nitrogens with zero attached hydrogens (tertiary/aromatic N) is 4. The molecule has 0 amide bonds. The van der Waals surface area contributed by atoms with Crippen LogP contribution in [0, 0.1) is 5.92 Å². The van der Waals surface area contributed by atoms with E-state index in [0.29, 0.717) is 18.1 Å². The number of hydrogen-bond donors (Lipinski definition) is 4. The molecule has 4 rings (SSSR count). The van der Waals surface area contributed by atoms with Gasteiger partial charge in [-0.1, -0.05) is 12.1 Å². The molecule has 13 nitrogen and oxygen atoms in total. The van der Waals surface area contributed by atoms with Crippen molar-refractivity contribution in [3.05, 3.63) is 60.2 Å². The number of ether oxygens (including phenoxy) is 1. The van der Waals surface area contributed by atoms with E-state index in [-0.39, 0.29) is 0 Å². The smallest absolute Gasteiger partial charge is 0.475 e. The quantitative estimate of drug-likeness (QED) is 0.282. The molecule has 2 aromatic heterocycles. The molecule has 4 heterocycles. The van der Waals surface area contributed by atoms with Crippen LogP contribution in [-0.2, 0) is 37.1 Å². The van der Waals surface area contributed by atoms with Gasteiger partial charge in [-0.05, 0) is 55.6 Å². The fourth-order valence-corrected chi connectivity index (χ4v) is 4.40. The fourth-order valence-electron chi connectivity index (χ4n) is 4.40. The molecule has 2 saturated heterocycles. The number of likely N-dealkylation sites (N-methyl/N-ethyl adjacent to an activating group) is 1. The number of pyridine rings is 2. The third-order valence-electron chi connectivity index (χ3n) is 6.83. The molecule has 25 heteroatoms. The van der Waals surface area contributed by atoms with Crippen LogP contribution in [0.4, 0.5) is 52.7 Å². The minimum absolute atomic E-state index is 0.336. The first-order chi connectivity index (χ1) is 24.5. The van der Waals surface area contributed by atoms with Crippen molar-refractivity contribution in [3.8, 4) is 0 Å². The zero-order valence-corrected chi connectivity index (χ0v) is 27.5. The molecule has 1 unspecified atom stereocenters. The summed E-state index contributed by atoms with van der Waals surface area (Å²) in [7, 11) is 2.29. The van der Waals surface area contributed by atoms with Crippen LogP contribution in [0.25, 0.3) is 0 Å². The van der Waals surface area contributed by atoms with E-state index in [1.165, 1.54) is 24.9 Å². The van der Waals surface area contributed by atoms with Crippen molar-refractivity contribution < 1.29 is 97.0 Å². The molecule has 4 N–H and O–H groups in total. The standard InChI is InChI=1S/C21H28N4O.4C2HF3O2/c1-24-9-6-18(14-26-15-20-5-3-8-23-12-20)10-21(24)16-25(17-21)13-19-4-2-7-22-11-19;4*3-2(4,5)1(6)7/h2-5,7-8,11-12,18H,6,9-10,13-17H2,1H3;4*(H,6,7). The Hall–Kier alpha value is -4.78. The molecule has 2 aromatic rings. The van der Waals surface area contributed by atoms with Crippen LogP contribution in [0.15, 0.2) is 49.1 Å². The van der Waals surface area contributed by atoms with Crippen molar-refractivity contribution in [3.63, 3.8) is 0 Å². The summed E-state index contributed by atoms with van der Waals surface area (Å²) in [5.41, 5.74) is 2.79. The van der Waals surface area contributed by atoms with E-state index in [0.717, 1.165) is 31.8 Å².